The molecule has 0 bridgehead atoms. The summed E-state index contributed by atoms with van der Waals surface area (Å²) in [5.41, 5.74) is 0. The predicted octanol–water partition coefficient (Wildman–Crippen LogP) is 5.73. The predicted molar refractivity (Wildman–Crippen MR) is 98.1 cm³/mol. The second-order valence-electron chi connectivity index (χ2n) is 7.23. The van der Waals surface area contributed by atoms with Gasteiger partial charge in [-0.3, -0.25) is 4.79 Å². The Balaban J connectivity index is 3.12. The second-order valence-corrected chi connectivity index (χ2v) is 7.23. The molecule has 0 aliphatic carbocycles. The summed E-state index contributed by atoms with van der Waals surface area (Å²) < 4.78 is 4.58. The van der Waals surface area contributed by atoms with Crippen LogP contribution in [0.5, 0.6) is 0 Å². The van der Waals surface area contributed by atoms with Gasteiger partial charge in [-0.05, 0) is 12.3 Å². The average Bonchev–Trinajstić information content (AvgIpc) is 2.52. The summed E-state index contributed by atoms with van der Waals surface area (Å²) in [7, 11) is 0. The Morgan fingerprint density at radius 3 is 1.58 bits per heavy atom. The zero-order chi connectivity index (χ0) is 18.0. The number of carboxylic acids is 1. The second kappa shape index (κ2) is 16.8. The summed E-state index contributed by atoms with van der Waals surface area (Å²) >= 11 is 0. The number of carboxylic acid groups (broad SMARTS) is 1. The third-order valence-electron chi connectivity index (χ3n) is 4.27. The van der Waals surface area contributed by atoms with E-state index in [2.05, 4.69) is 18.6 Å². The Hall–Kier alpha value is -1.06. The molecule has 0 aromatic rings. The minimum Gasteiger partial charge on any atom is -0.479 e. The van der Waals surface area contributed by atoms with Crippen molar-refractivity contribution in [1.29, 1.82) is 0 Å². The van der Waals surface area contributed by atoms with Gasteiger partial charge in [0.25, 0.3) is 0 Å². The summed E-state index contributed by atoms with van der Waals surface area (Å²) in [5.74, 6) is -0.648. The molecule has 24 heavy (non-hydrogen) atoms. The highest BCUT2D eigenvalue weighted by molar-refractivity contribution is 5.75. The monoisotopic (exact) mass is 342 g/mol. The van der Waals surface area contributed by atoms with Crippen molar-refractivity contribution in [2.24, 2.45) is 5.92 Å². The molecule has 0 radical (unpaired) electrons. The molecule has 0 fully saturated rings. The number of hydrogen-bond acceptors (Lipinski definition) is 3. The first-order valence-corrected chi connectivity index (χ1v) is 9.89. The Bertz CT molecular complexity index is 313. The molecule has 0 rings (SSSR count). The van der Waals surface area contributed by atoms with Crippen LogP contribution in [0.15, 0.2) is 0 Å². The SMILES string of the molecule is CC(C)CCCCCCCCCCCCCCC(=O)OCC(=O)O. The molecule has 0 unspecified atom stereocenters. The van der Waals surface area contributed by atoms with Crippen LogP contribution >= 0.6 is 0 Å². The van der Waals surface area contributed by atoms with Crippen molar-refractivity contribution in [3.8, 4) is 0 Å². The Labute approximate surface area is 148 Å². The van der Waals surface area contributed by atoms with Crippen molar-refractivity contribution in [2.45, 2.75) is 104 Å². The lowest BCUT2D eigenvalue weighted by Gasteiger charge is -2.05. The van der Waals surface area contributed by atoms with Crippen LogP contribution in [0.1, 0.15) is 104 Å². The molecule has 0 aliphatic rings. The van der Waals surface area contributed by atoms with Gasteiger partial charge in [0.2, 0.25) is 0 Å². The fourth-order valence-electron chi connectivity index (χ4n) is 2.80. The molecule has 0 aromatic carbocycles. The Morgan fingerprint density at radius 1 is 0.750 bits per heavy atom. The van der Waals surface area contributed by atoms with Crippen LogP contribution in [0, 0.1) is 5.92 Å². The highest BCUT2D eigenvalue weighted by atomic mass is 16.5. The summed E-state index contributed by atoms with van der Waals surface area (Å²) in [4.78, 5) is 21.4. The van der Waals surface area contributed by atoms with E-state index in [-0.39, 0.29) is 0 Å². The first kappa shape index (κ1) is 22.9. The van der Waals surface area contributed by atoms with E-state index in [4.69, 9.17) is 5.11 Å². The normalized spacial score (nSPS) is 11.0. The quantitative estimate of drug-likeness (QED) is 0.271. The molecule has 4 heteroatoms. The fraction of sp³-hybridized carbons (Fsp3) is 0.900. The zero-order valence-corrected chi connectivity index (χ0v) is 15.9. The van der Waals surface area contributed by atoms with Gasteiger partial charge in [-0.25, -0.2) is 4.79 Å². The van der Waals surface area contributed by atoms with Crippen LogP contribution in [-0.2, 0) is 14.3 Å². The molecule has 0 aromatic heterocycles. The number of hydrogen-bond donors (Lipinski definition) is 1. The number of carbonyl (C=O) groups excluding carboxylic acids is 1. The van der Waals surface area contributed by atoms with Crippen molar-refractivity contribution in [3.05, 3.63) is 0 Å². The van der Waals surface area contributed by atoms with E-state index >= 15 is 0 Å². The Morgan fingerprint density at radius 2 is 1.17 bits per heavy atom. The van der Waals surface area contributed by atoms with Gasteiger partial charge in [0.05, 0.1) is 0 Å². The lowest BCUT2D eigenvalue weighted by Crippen LogP contribution is -2.12. The molecule has 0 saturated heterocycles. The smallest absolute Gasteiger partial charge is 0.341 e. The van der Waals surface area contributed by atoms with Crippen LogP contribution in [0.3, 0.4) is 0 Å². The topological polar surface area (TPSA) is 63.6 Å². The van der Waals surface area contributed by atoms with Gasteiger partial charge in [0.15, 0.2) is 6.61 Å². The van der Waals surface area contributed by atoms with Gasteiger partial charge in [0, 0.05) is 6.42 Å². The number of esters is 1. The molecule has 142 valence electrons. The average molecular weight is 343 g/mol. The fourth-order valence-corrected chi connectivity index (χ4v) is 2.80. The van der Waals surface area contributed by atoms with Crippen LogP contribution in [-0.4, -0.2) is 23.7 Å². The van der Waals surface area contributed by atoms with Gasteiger partial charge in [-0.2, -0.15) is 0 Å². The first-order valence-electron chi connectivity index (χ1n) is 9.89. The van der Waals surface area contributed by atoms with E-state index in [1.165, 1.54) is 64.2 Å². The molecular formula is C20H38O4. The van der Waals surface area contributed by atoms with Crippen LogP contribution < -0.4 is 0 Å². The molecule has 0 spiro atoms. The van der Waals surface area contributed by atoms with E-state index < -0.39 is 18.5 Å². The maximum Gasteiger partial charge on any atom is 0.341 e. The van der Waals surface area contributed by atoms with Crippen molar-refractivity contribution in [3.63, 3.8) is 0 Å². The van der Waals surface area contributed by atoms with Crippen LogP contribution in [0.4, 0.5) is 0 Å². The standard InChI is InChI=1S/C20H38O4/c1-18(2)15-13-11-9-7-5-3-4-6-8-10-12-14-16-20(23)24-17-19(21)22/h18H,3-17H2,1-2H3,(H,21,22). The van der Waals surface area contributed by atoms with Gasteiger partial charge in [0.1, 0.15) is 0 Å². The first-order chi connectivity index (χ1) is 11.5. The summed E-state index contributed by atoms with van der Waals surface area (Å²) in [6, 6.07) is 0. The lowest BCUT2D eigenvalue weighted by atomic mass is 10.0. The maximum atomic E-state index is 11.2. The van der Waals surface area contributed by atoms with E-state index in [0.29, 0.717) is 6.42 Å². The summed E-state index contributed by atoms with van der Waals surface area (Å²) in [6.45, 7) is 4.08. The van der Waals surface area contributed by atoms with Crippen molar-refractivity contribution in [1.82, 2.24) is 0 Å². The Kier molecular flexibility index (Phi) is 16.0. The minimum absolute atomic E-state index is 0.337. The van der Waals surface area contributed by atoms with Gasteiger partial charge in [-0.15, -0.1) is 0 Å². The van der Waals surface area contributed by atoms with Crippen LogP contribution in [0.25, 0.3) is 0 Å². The van der Waals surface area contributed by atoms with Crippen LogP contribution in [0.2, 0.25) is 0 Å². The molecular weight excluding hydrogens is 304 g/mol. The van der Waals surface area contributed by atoms with Crippen molar-refractivity contribution >= 4 is 11.9 Å². The highest BCUT2D eigenvalue weighted by Crippen LogP contribution is 2.14. The van der Waals surface area contributed by atoms with Crippen molar-refractivity contribution in [2.75, 3.05) is 6.61 Å². The molecule has 0 atom stereocenters. The van der Waals surface area contributed by atoms with Gasteiger partial charge >= 0.3 is 11.9 Å². The molecule has 1 N–H and O–H groups in total. The zero-order valence-electron chi connectivity index (χ0n) is 15.9. The lowest BCUT2D eigenvalue weighted by molar-refractivity contribution is -0.155. The number of ether oxygens (including phenoxy) is 1. The minimum atomic E-state index is -1.10. The third kappa shape index (κ3) is 19.0. The summed E-state index contributed by atoms with van der Waals surface area (Å²) in [6.07, 6.45) is 16.8. The molecule has 0 amide bonds. The van der Waals surface area contributed by atoms with E-state index in [1.54, 1.807) is 0 Å². The molecule has 0 saturated carbocycles. The molecule has 4 nitrogen and oxygen atoms in total. The largest absolute Gasteiger partial charge is 0.479 e. The van der Waals surface area contributed by atoms with E-state index in [1.807, 2.05) is 0 Å². The van der Waals surface area contributed by atoms with Crippen molar-refractivity contribution < 1.29 is 19.4 Å². The number of carbonyl (C=O) groups is 2. The molecule has 0 heterocycles. The summed E-state index contributed by atoms with van der Waals surface area (Å²) in [5, 5.41) is 8.39. The highest BCUT2D eigenvalue weighted by Gasteiger charge is 2.05. The number of aliphatic carboxylic acids is 1. The maximum absolute atomic E-state index is 11.2. The third-order valence-corrected chi connectivity index (χ3v) is 4.27. The van der Waals surface area contributed by atoms with Gasteiger partial charge < -0.3 is 9.84 Å². The number of unbranched alkanes of at least 4 members (excludes halogenated alkanes) is 11. The van der Waals surface area contributed by atoms with Gasteiger partial charge in [-0.1, -0.05) is 90.9 Å². The van der Waals surface area contributed by atoms with E-state index in [9.17, 15) is 9.59 Å². The molecule has 0 aliphatic heterocycles. The number of rotatable bonds is 17. The van der Waals surface area contributed by atoms with E-state index in [0.717, 1.165) is 25.2 Å².